The fourth-order valence-electron chi connectivity index (χ4n) is 1.19. The molecule has 2 aromatic heterocycles. The Bertz CT molecular complexity index is 379. The standard InChI is InChI=1S/C9H12N4O/c10-5-1-4-8-11-9(13-12-8)7-3-2-6-14-7/h2-3,6H,1,4-5,10H2,(H,11,12,13). The van der Waals surface area contributed by atoms with E-state index in [2.05, 4.69) is 15.2 Å². The maximum Gasteiger partial charge on any atom is 0.216 e. The molecule has 0 aliphatic heterocycles. The van der Waals surface area contributed by atoms with E-state index in [0.29, 0.717) is 18.1 Å². The Morgan fingerprint density at radius 1 is 1.50 bits per heavy atom. The molecule has 3 N–H and O–H groups in total. The lowest BCUT2D eigenvalue weighted by molar-refractivity contribution is 0.577. The summed E-state index contributed by atoms with van der Waals surface area (Å²) in [7, 11) is 0. The minimum absolute atomic E-state index is 0.599. The van der Waals surface area contributed by atoms with Crippen molar-refractivity contribution in [1.82, 2.24) is 15.2 Å². The lowest BCUT2D eigenvalue weighted by Crippen LogP contribution is -2.01. The molecule has 0 aliphatic rings. The zero-order chi connectivity index (χ0) is 9.80. The van der Waals surface area contributed by atoms with Crippen molar-refractivity contribution in [2.45, 2.75) is 12.8 Å². The molecule has 0 radical (unpaired) electrons. The molecular formula is C9H12N4O. The van der Waals surface area contributed by atoms with Crippen LogP contribution in [0.25, 0.3) is 11.6 Å². The third-order valence-electron chi connectivity index (χ3n) is 1.89. The number of hydrogen-bond acceptors (Lipinski definition) is 4. The van der Waals surface area contributed by atoms with E-state index in [-0.39, 0.29) is 0 Å². The molecule has 0 aliphatic carbocycles. The average molecular weight is 192 g/mol. The van der Waals surface area contributed by atoms with Crippen molar-refractivity contribution in [2.24, 2.45) is 5.73 Å². The Balaban J connectivity index is 2.10. The Hall–Kier alpha value is -1.62. The second-order valence-corrected chi connectivity index (χ2v) is 2.98. The van der Waals surface area contributed by atoms with Gasteiger partial charge in [-0.2, -0.15) is 5.10 Å². The van der Waals surface area contributed by atoms with Gasteiger partial charge < -0.3 is 10.2 Å². The minimum Gasteiger partial charge on any atom is -0.461 e. The maximum absolute atomic E-state index is 5.40. The van der Waals surface area contributed by atoms with Crippen molar-refractivity contribution in [3.8, 4) is 11.6 Å². The lowest BCUT2D eigenvalue weighted by Gasteiger charge is -1.90. The topological polar surface area (TPSA) is 80.7 Å². The van der Waals surface area contributed by atoms with Crippen LogP contribution in [0, 0.1) is 0 Å². The fourth-order valence-corrected chi connectivity index (χ4v) is 1.19. The number of aromatic nitrogens is 3. The number of H-pyrrole nitrogens is 1. The molecule has 0 amide bonds. The highest BCUT2D eigenvalue weighted by atomic mass is 16.3. The van der Waals surface area contributed by atoms with Gasteiger partial charge in [0.1, 0.15) is 5.82 Å². The van der Waals surface area contributed by atoms with E-state index in [4.69, 9.17) is 10.2 Å². The predicted octanol–water partition coefficient (Wildman–Crippen LogP) is 0.956. The van der Waals surface area contributed by atoms with Crippen LogP contribution in [0.4, 0.5) is 0 Å². The number of aryl methyl sites for hydroxylation is 1. The summed E-state index contributed by atoms with van der Waals surface area (Å²) in [6, 6.07) is 3.64. The van der Waals surface area contributed by atoms with Gasteiger partial charge in [-0.1, -0.05) is 0 Å². The molecule has 5 nitrogen and oxygen atoms in total. The molecule has 2 rings (SSSR count). The van der Waals surface area contributed by atoms with E-state index in [1.54, 1.807) is 6.26 Å². The van der Waals surface area contributed by atoms with Crippen LogP contribution in [0.5, 0.6) is 0 Å². The first-order valence-electron chi connectivity index (χ1n) is 4.55. The van der Waals surface area contributed by atoms with E-state index < -0.39 is 0 Å². The monoisotopic (exact) mass is 192 g/mol. The summed E-state index contributed by atoms with van der Waals surface area (Å²) in [6.45, 7) is 0.663. The molecule has 0 saturated carbocycles. The third kappa shape index (κ3) is 1.82. The van der Waals surface area contributed by atoms with Gasteiger partial charge in [0.05, 0.1) is 6.26 Å². The van der Waals surface area contributed by atoms with Gasteiger partial charge in [0.25, 0.3) is 0 Å². The van der Waals surface area contributed by atoms with Gasteiger partial charge in [0.15, 0.2) is 5.76 Å². The largest absolute Gasteiger partial charge is 0.461 e. The fraction of sp³-hybridized carbons (Fsp3) is 0.333. The molecule has 0 bridgehead atoms. The summed E-state index contributed by atoms with van der Waals surface area (Å²) in [6.07, 6.45) is 3.34. The molecular weight excluding hydrogens is 180 g/mol. The number of nitrogens with one attached hydrogen (secondary N) is 1. The van der Waals surface area contributed by atoms with Crippen LogP contribution in [-0.4, -0.2) is 21.7 Å². The van der Waals surface area contributed by atoms with E-state index in [0.717, 1.165) is 18.7 Å². The Kier molecular flexibility index (Phi) is 2.60. The van der Waals surface area contributed by atoms with Crippen LogP contribution in [0.2, 0.25) is 0 Å². The van der Waals surface area contributed by atoms with Crippen LogP contribution in [0.3, 0.4) is 0 Å². The molecule has 0 unspecified atom stereocenters. The van der Waals surface area contributed by atoms with Crippen molar-refractivity contribution in [3.05, 3.63) is 24.2 Å². The molecule has 0 aromatic carbocycles. The Labute approximate surface area is 81.3 Å². The SMILES string of the molecule is NCCCc1nc(-c2ccco2)n[nH]1. The third-order valence-corrected chi connectivity index (χ3v) is 1.89. The van der Waals surface area contributed by atoms with E-state index in [1.165, 1.54) is 0 Å². The van der Waals surface area contributed by atoms with Crippen molar-refractivity contribution in [3.63, 3.8) is 0 Å². The summed E-state index contributed by atoms with van der Waals surface area (Å²) in [5.41, 5.74) is 5.40. The number of furan rings is 1. The van der Waals surface area contributed by atoms with Gasteiger partial charge in [-0.05, 0) is 25.1 Å². The number of aromatic amines is 1. The van der Waals surface area contributed by atoms with Crippen molar-refractivity contribution in [2.75, 3.05) is 6.54 Å². The molecule has 5 heteroatoms. The van der Waals surface area contributed by atoms with Crippen LogP contribution in [0.1, 0.15) is 12.2 Å². The summed E-state index contributed by atoms with van der Waals surface area (Å²) in [5, 5.41) is 6.89. The van der Waals surface area contributed by atoms with Crippen LogP contribution >= 0.6 is 0 Å². The van der Waals surface area contributed by atoms with Gasteiger partial charge in [0, 0.05) is 6.42 Å². The molecule has 2 heterocycles. The quantitative estimate of drug-likeness (QED) is 0.755. The van der Waals surface area contributed by atoms with Crippen LogP contribution in [-0.2, 0) is 6.42 Å². The van der Waals surface area contributed by atoms with Gasteiger partial charge in [0.2, 0.25) is 5.82 Å². The maximum atomic E-state index is 5.40. The van der Waals surface area contributed by atoms with Crippen molar-refractivity contribution < 1.29 is 4.42 Å². The van der Waals surface area contributed by atoms with Gasteiger partial charge >= 0.3 is 0 Å². The lowest BCUT2D eigenvalue weighted by atomic mass is 10.3. The number of hydrogen-bond donors (Lipinski definition) is 2. The summed E-state index contributed by atoms with van der Waals surface area (Å²) in [5.74, 6) is 2.13. The number of nitrogens with two attached hydrogens (primary N) is 1. The summed E-state index contributed by atoms with van der Waals surface area (Å²) >= 11 is 0. The molecule has 0 fully saturated rings. The van der Waals surface area contributed by atoms with Gasteiger partial charge in [-0.15, -0.1) is 0 Å². The number of nitrogens with zero attached hydrogens (tertiary/aromatic N) is 2. The molecule has 0 spiro atoms. The highest BCUT2D eigenvalue weighted by molar-refractivity contribution is 5.45. The van der Waals surface area contributed by atoms with Crippen molar-refractivity contribution >= 4 is 0 Å². The first-order chi connectivity index (χ1) is 6.90. The number of rotatable bonds is 4. The van der Waals surface area contributed by atoms with Crippen LogP contribution < -0.4 is 5.73 Å². The zero-order valence-electron chi connectivity index (χ0n) is 7.73. The first kappa shape index (κ1) is 8.96. The second kappa shape index (κ2) is 4.06. The normalized spacial score (nSPS) is 10.6. The predicted molar refractivity (Wildman–Crippen MR) is 51.5 cm³/mol. The molecule has 2 aromatic rings. The van der Waals surface area contributed by atoms with Gasteiger partial charge in [-0.3, -0.25) is 5.10 Å². The molecule has 14 heavy (non-hydrogen) atoms. The highest BCUT2D eigenvalue weighted by Crippen LogP contribution is 2.14. The first-order valence-corrected chi connectivity index (χ1v) is 4.55. The summed E-state index contributed by atoms with van der Waals surface area (Å²) in [4.78, 5) is 4.27. The highest BCUT2D eigenvalue weighted by Gasteiger charge is 2.07. The summed E-state index contributed by atoms with van der Waals surface area (Å²) < 4.78 is 5.17. The van der Waals surface area contributed by atoms with Gasteiger partial charge in [-0.25, -0.2) is 4.98 Å². The zero-order valence-corrected chi connectivity index (χ0v) is 7.73. The second-order valence-electron chi connectivity index (χ2n) is 2.98. The molecule has 0 saturated heterocycles. The van der Waals surface area contributed by atoms with E-state index in [9.17, 15) is 0 Å². The van der Waals surface area contributed by atoms with E-state index >= 15 is 0 Å². The van der Waals surface area contributed by atoms with E-state index in [1.807, 2.05) is 12.1 Å². The smallest absolute Gasteiger partial charge is 0.216 e. The Morgan fingerprint density at radius 3 is 3.14 bits per heavy atom. The minimum atomic E-state index is 0.599. The van der Waals surface area contributed by atoms with Crippen molar-refractivity contribution in [1.29, 1.82) is 0 Å². The van der Waals surface area contributed by atoms with Crippen LogP contribution in [0.15, 0.2) is 22.8 Å². The molecule has 74 valence electrons. The molecule has 0 atom stereocenters. The average Bonchev–Trinajstić information content (AvgIpc) is 2.85. The Morgan fingerprint density at radius 2 is 2.43 bits per heavy atom.